The van der Waals surface area contributed by atoms with Crippen molar-refractivity contribution in [2.24, 2.45) is 0 Å². The van der Waals surface area contributed by atoms with Gasteiger partial charge in [-0.1, -0.05) is 17.7 Å². The van der Waals surface area contributed by atoms with Crippen molar-refractivity contribution < 1.29 is 4.74 Å². The lowest BCUT2D eigenvalue weighted by Crippen LogP contribution is -2.28. The Labute approximate surface area is 89.2 Å². The maximum absolute atomic E-state index is 5.84. The van der Waals surface area contributed by atoms with E-state index in [1.54, 1.807) is 0 Å². The van der Waals surface area contributed by atoms with Gasteiger partial charge < -0.3 is 10.1 Å². The lowest BCUT2D eigenvalue weighted by molar-refractivity contribution is 0.277. The second-order valence-electron chi connectivity index (χ2n) is 3.56. The van der Waals surface area contributed by atoms with Gasteiger partial charge in [0.05, 0.1) is 0 Å². The lowest BCUT2D eigenvalue weighted by atomic mass is 10.2. The molecule has 1 aliphatic heterocycles. The quantitative estimate of drug-likeness (QED) is 0.830. The van der Waals surface area contributed by atoms with Gasteiger partial charge in [-0.3, -0.25) is 0 Å². The van der Waals surface area contributed by atoms with Gasteiger partial charge in [0.1, 0.15) is 12.4 Å². The summed E-state index contributed by atoms with van der Waals surface area (Å²) in [6.07, 6.45) is 2.46. The summed E-state index contributed by atoms with van der Waals surface area (Å²) in [5, 5.41) is 4.11. The molecule has 1 aliphatic rings. The van der Waals surface area contributed by atoms with Crippen LogP contribution in [-0.4, -0.2) is 19.2 Å². The second kappa shape index (κ2) is 4.67. The minimum atomic E-state index is 0.508. The fraction of sp³-hybridized carbons (Fsp3) is 0.455. The fourth-order valence-corrected chi connectivity index (χ4v) is 1.83. The minimum absolute atomic E-state index is 0.508. The minimum Gasteiger partial charge on any atom is -0.492 e. The Kier molecular flexibility index (Phi) is 3.27. The zero-order valence-electron chi connectivity index (χ0n) is 8.00. The number of benzene rings is 1. The molecule has 1 fully saturated rings. The number of halogens is 1. The molecule has 0 aliphatic carbocycles. The Morgan fingerprint density at radius 1 is 1.50 bits per heavy atom. The molecule has 2 rings (SSSR count). The van der Waals surface area contributed by atoms with Crippen LogP contribution in [0.3, 0.4) is 0 Å². The molecule has 0 aromatic heterocycles. The molecule has 2 nitrogen and oxygen atoms in total. The molecule has 0 saturated carbocycles. The van der Waals surface area contributed by atoms with Crippen molar-refractivity contribution in [2.45, 2.75) is 18.9 Å². The highest BCUT2D eigenvalue weighted by atomic mass is 35.5. The van der Waals surface area contributed by atoms with Crippen molar-refractivity contribution in [3.05, 3.63) is 29.3 Å². The molecule has 76 valence electrons. The van der Waals surface area contributed by atoms with Crippen molar-refractivity contribution in [3.63, 3.8) is 0 Å². The van der Waals surface area contributed by atoms with Gasteiger partial charge in [-0.15, -0.1) is 0 Å². The first-order valence-electron chi connectivity index (χ1n) is 4.96. The van der Waals surface area contributed by atoms with Crippen molar-refractivity contribution >= 4 is 11.6 Å². The van der Waals surface area contributed by atoms with Crippen molar-refractivity contribution in [3.8, 4) is 5.75 Å². The van der Waals surface area contributed by atoms with Crippen molar-refractivity contribution in [2.75, 3.05) is 13.2 Å². The van der Waals surface area contributed by atoms with E-state index in [1.165, 1.54) is 12.8 Å². The van der Waals surface area contributed by atoms with Crippen LogP contribution in [0.25, 0.3) is 0 Å². The fourth-order valence-electron chi connectivity index (χ4n) is 1.65. The van der Waals surface area contributed by atoms with Crippen LogP contribution in [0.1, 0.15) is 12.8 Å². The molecular weight excluding hydrogens is 198 g/mol. The van der Waals surface area contributed by atoms with E-state index in [-0.39, 0.29) is 0 Å². The largest absolute Gasteiger partial charge is 0.492 e. The second-order valence-corrected chi connectivity index (χ2v) is 4.00. The number of hydrogen-bond donors (Lipinski definition) is 1. The summed E-state index contributed by atoms with van der Waals surface area (Å²) in [7, 11) is 0. The van der Waals surface area contributed by atoms with Gasteiger partial charge in [0.15, 0.2) is 0 Å². The lowest BCUT2D eigenvalue weighted by Gasteiger charge is -2.11. The van der Waals surface area contributed by atoms with Gasteiger partial charge in [-0.2, -0.15) is 0 Å². The molecule has 0 radical (unpaired) electrons. The van der Waals surface area contributed by atoms with E-state index in [9.17, 15) is 0 Å². The summed E-state index contributed by atoms with van der Waals surface area (Å²) in [5.74, 6) is 0.853. The first kappa shape index (κ1) is 9.81. The smallest absolute Gasteiger partial charge is 0.120 e. The zero-order chi connectivity index (χ0) is 9.80. The Balaban J connectivity index is 1.85. The Bertz CT molecular complexity index is 297. The number of hydrogen-bond acceptors (Lipinski definition) is 2. The van der Waals surface area contributed by atoms with Gasteiger partial charge in [-0.05, 0) is 37.6 Å². The summed E-state index contributed by atoms with van der Waals surface area (Å²) < 4.78 is 5.62. The highest BCUT2D eigenvalue weighted by Gasteiger charge is 2.14. The Morgan fingerprint density at radius 2 is 2.43 bits per heavy atom. The van der Waals surface area contributed by atoms with E-state index in [2.05, 4.69) is 5.32 Å². The predicted molar refractivity (Wildman–Crippen MR) is 58.0 cm³/mol. The van der Waals surface area contributed by atoms with E-state index in [0.717, 1.165) is 23.9 Å². The van der Waals surface area contributed by atoms with Gasteiger partial charge in [0.2, 0.25) is 0 Å². The van der Waals surface area contributed by atoms with E-state index >= 15 is 0 Å². The Morgan fingerprint density at radius 3 is 3.14 bits per heavy atom. The van der Waals surface area contributed by atoms with Crippen LogP contribution >= 0.6 is 11.6 Å². The molecule has 0 amide bonds. The first-order valence-corrected chi connectivity index (χ1v) is 5.34. The SMILES string of the molecule is Clc1cccc(OC[C@H]2CCCN2)c1. The van der Waals surface area contributed by atoms with Crippen LogP contribution in [0.15, 0.2) is 24.3 Å². The van der Waals surface area contributed by atoms with Gasteiger partial charge in [-0.25, -0.2) is 0 Å². The number of nitrogens with one attached hydrogen (secondary N) is 1. The molecule has 1 atom stereocenters. The molecule has 1 N–H and O–H groups in total. The van der Waals surface area contributed by atoms with Crippen LogP contribution in [0.2, 0.25) is 5.02 Å². The summed E-state index contributed by atoms with van der Waals surface area (Å²) in [4.78, 5) is 0. The van der Waals surface area contributed by atoms with Gasteiger partial charge >= 0.3 is 0 Å². The molecule has 1 heterocycles. The van der Waals surface area contributed by atoms with E-state index in [1.807, 2.05) is 24.3 Å². The molecule has 0 bridgehead atoms. The predicted octanol–water partition coefficient (Wildman–Crippen LogP) is 2.47. The monoisotopic (exact) mass is 211 g/mol. The van der Waals surface area contributed by atoms with Crippen LogP contribution in [-0.2, 0) is 0 Å². The van der Waals surface area contributed by atoms with Gasteiger partial charge in [0, 0.05) is 11.1 Å². The third-order valence-corrected chi connectivity index (χ3v) is 2.64. The molecular formula is C11H14ClNO. The van der Waals surface area contributed by atoms with Crippen molar-refractivity contribution in [1.29, 1.82) is 0 Å². The van der Waals surface area contributed by atoms with Crippen LogP contribution in [0.5, 0.6) is 5.75 Å². The van der Waals surface area contributed by atoms with Gasteiger partial charge in [0.25, 0.3) is 0 Å². The topological polar surface area (TPSA) is 21.3 Å². The highest BCUT2D eigenvalue weighted by molar-refractivity contribution is 6.30. The summed E-state index contributed by atoms with van der Waals surface area (Å²) in [5.41, 5.74) is 0. The van der Waals surface area contributed by atoms with Crippen LogP contribution in [0.4, 0.5) is 0 Å². The zero-order valence-corrected chi connectivity index (χ0v) is 8.76. The number of ether oxygens (including phenoxy) is 1. The maximum Gasteiger partial charge on any atom is 0.120 e. The maximum atomic E-state index is 5.84. The first-order chi connectivity index (χ1) is 6.84. The summed E-state index contributed by atoms with van der Waals surface area (Å²) in [6, 6.07) is 8.04. The molecule has 1 aromatic carbocycles. The summed E-state index contributed by atoms with van der Waals surface area (Å²) >= 11 is 5.84. The number of rotatable bonds is 3. The van der Waals surface area contributed by atoms with Crippen molar-refractivity contribution in [1.82, 2.24) is 5.32 Å². The molecule has 0 unspecified atom stereocenters. The normalized spacial score (nSPS) is 21.1. The van der Waals surface area contributed by atoms with E-state index < -0.39 is 0 Å². The van der Waals surface area contributed by atoms with E-state index in [0.29, 0.717) is 6.04 Å². The highest BCUT2D eigenvalue weighted by Crippen LogP contribution is 2.17. The molecule has 0 spiro atoms. The average molecular weight is 212 g/mol. The third-order valence-electron chi connectivity index (χ3n) is 2.41. The molecule has 1 saturated heterocycles. The van der Waals surface area contributed by atoms with E-state index in [4.69, 9.17) is 16.3 Å². The third kappa shape index (κ3) is 2.63. The Hall–Kier alpha value is -0.730. The molecule has 1 aromatic rings. The van der Waals surface area contributed by atoms with Crippen LogP contribution < -0.4 is 10.1 Å². The molecule has 3 heteroatoms. The standard InChI is InChI=1S/C11H14ClNO/c12-9-3-1-5-11(7-9)14-8-10-4-2-6-13-10/h1,3,5,7,10,13H,2,4,6,8H2/t10-/m1/s1. The average Bonchev–Trinajstić information content (AvgIpc) is 2.67. The summed E-state index contributed by atoms with van der Waals surface area (Å²) in [6.45, 7) is 1.85. The van der Waals surface area contributed by atoms with Crippen LogP contribution in [0, 0.1) is 0 Å². The molecule has 14 heavy (non-hydrogen) atoms.